The van der Waals surface area contributed by atoms with Gasteiger partial charge >= 0.3 is 0 Å². The molecule has 5 nitrogen and oxygen atoms in total. The monoisotopic (exact) mass is 424 g/mol. The number of amides is 2. The van der Waals surface area contributed by atoms with E-state index in [0.29, 0.717) is 24.3 Å². The van der Waals surface area contributed by atoms with Crippen LogP contribution in [0, 0.1) is 11.7 Å². The Morgan fingerprint density at radius 2 is 1.68 bits per heavy atom. The van der Waals surface area contributed by atoms with E-state index in [1.165, 1.54) is 18.6 Å². The molecular formula is C25H29FN2O3. The fourth-order valence-electron chi connectivity index (χ4n) is 4.81. The number of hydrogen-bond donors (Lipinski definition) is 1. The maximum atomic E-state index is 13.6. The van der Waals surface area contributed by atoms with Gasteiger partial charge in [-0.3, -0.25) is 9.59 Å². The number of carbonyl (C=O) groups excluding carboxylic acids is 2. The molecule has 164 valence electrons. The minimum absolute atomic E-state index is 0.0211. The van der Waals surface area contributed by atoms with Gasteiger partial charge in [0.15, 0.2) is 0 Å². The second-order valence-corrected chi connectivity index (χ2v) is 8.45. The van der Waals surface area contributed by atoms with E-state index in [4.69, 9.17) is 4.74 Å². The molecule has 0 unspecified atom stereocenters. The van der Waals surface area contributed by atoms with Crippen LogP contribution < -0.4 is 15.0 Å². The number of nitrogens with zero attached hydrogens (tertiary/aromatic N) is 1. The molecule has 2 amide bonds. The van der Waals surface area contributed by atoms with Crippen molar-refractivity contribution < 1.29 is 18.7 Å². The minimum Gasteiger partial charge on any atom is -0.497 e. The van der Waals surface area contributed by atoms with Gasteiger partial charge in [0.1, 0.15) is 11.6 Å². The quantitative estimate of drug-likeness (QED) is 0.752. The molecular weight excluding hydrogens is 395 g/mol. The van der Waals surface area contributed by atoms with Crippen molar-refractivity contribution in [3.05, 3.63) is 59.9 Å². The van der Waals surface area contributed by atoms with Gasteiger partial charge in [-0.1, -0.05) is 31.4 Å². The lowest BCUT2D eigenvalue weighted by atomic mass is 9.82. The van der Waals surface area contributed by atoms with Gasteiger partial charge < -0.3 is 15.0 Å². The van der Waals surface area contributed by atoms with E-state index in [1.807, 2.05) is 12.1 Å². The fraction of sp³-hybridized carbons (Fsp3) is 0.440. The molecule has 0 radical (unpaired) electrons. The number of halogens is 1. The molecule has 1 N–H and O–H groups in total. The maximum Gasteiger partial charge on any atom is 0.227 e. The van der Waals surface area contributed by atoms with Gasteiger partial charge in [-0.15, -0.1) is 0 Å². The zero-order valence-corrected chi connectivity index (χ0v) is 17.9. The number of anilines is 1. The van der Waals surface area contributed by atoms with Gasteiger partial charge in [0.05, 0.1) is 19.1 Å². The van der Waals surface area contributed by atoms with Crippen molar-refractivity contribution in [1.82, 2.24) is 5.32 Å². The van der Waals surface area contributed by atoms with Crippen molar-refractivity contribution in [2.45, 2.75) is 57.0 Å². The maximum absolute atomic E-state index is 13.6. The summed E-state index contributed by atoms with van der Waals surface area (Å²) in [5, 5.41) is 3.23. The Balaban J connectivity index is 1.68. The smallest absolute Gasteiger partial charge is 0.227 e. The average Bonchev–Trinajstić information content (AvgIpc) is 2.80. The first-order valence-corrected chi connectivity index (χ1v) is 11.1. The average molecular weight is 425 g/mol. The van der Waals surface area contributed by atoms with Crippen molar-refractivity contribution in [1.29, 1.82) is 0 Å². The van der Waals surface area contributed by atoms with Crippen molar-refractivity contribution in [3.8, 4) is 5.75 Å². The van der Waals surface area contributed by atoms with E-state index < -0.39 is 12.0 Å². The lowest BCUT2D eigenvalue weighted by Crippen LogP contribution is -2.50. The van der Waals surface area contributed by atoms with Crippen molar-refractivity contribution in [3.63, 3.8) is 0 Å². The van der Waals surface area contributed by atoms with Gasteiger partial charge in [0.25, 0.3) is 0 Å². The van der Waals surface area contributed by atoms with Crippen LogP contribution >= 0.6 is 0 Å². The molecule has 2 aromatic carbocycles. The Kier molecular flexibility index (Phi) is 6.54. The SMILES string of the molecule is COc1ccc(N2C(=O)CC[C@H](C(=O)NC3CCCCC3)[C@H]2c2ccc(F)cc2)cc1. The largest absolute Gasteiger partial charge is 0.497 e. The fourth-order valence-corrected chi connectivity index (χ4v) is 4.81. The van der Waals surface area contributed by atoms with Crippen LogP contribution in [0.4, 0.5) is 10.1 Å². The third-order valence-electron chi connectivity index (χ3n) is 6.45. The molecule has 1 heterocycles. The highest BCUT2D eigenvalue weighted by Crippen LogP contribution is 2.40. The van der Waals surface area contributed by atoms with Gasteiger partial charge in [-0.2, -0.15) is 0 Å². The Morgan fingerprint density at radius 3 is 2.32 bits per heavy atom. The lowest BCUT2D eigenvalue weighted by Gasteiger charge is -2.41. The molecule has 2 aliphatic rings. The summed E-state index contributed by atoms with van der Waals surface area (Å²) in [6.45, 7) is 0. The topological polar surface area (TPSA) is 58.6 Å². The van der Waals surface area contributed by atoms with Crippen LogP contribution in [-0.2, 0) is 9.59 Å². The second kappa shape index (κ2) is 9.50. The molecule has 4 rings (SSSR count). The molecule has 2 fully saturated rings. The third kappa shape index (κ3) is 4.73. The van der Waals surface area contributed by atoms with E-state index in [0.717, 1.165) is 31.2 Å². The molecule has 0 spiro atoms. The molecule has 0 aromatic heterocycles. The first-order valence-electron chi connectivity index (χ1n) is 11.1. The summed E-state index contributed by atoms with van der Waals surface area (Å²) in [6, 6.07) is 13.1. The molecule has 1 saturated heterocycles. The van der Waals surface area contributed by atoms with Crippen molar-refractivity contribution >= 4 is 17.5 Å². The number of hydrogen-bond acceptors (Lipinski definition) is 3. The lowest BCUT2D eigenvalue weighted by molar-refractivity contribution is -0.130. The Labute approximate surface area is 182 Å². The van der Waals surface area contributed by atoms with Crippen molar-refractivity contribution in [2.24, 2.45) is 5.92 Å². The number of rotatable bonds is 5. The summed E-state index contributed by atoms with van der Waals surface area (Å²) in [6.07, 6.45) is 6.26. The first-order chi connectivity index (χ1) is 15.1. The summed E-state index contributed by atoms with van der Waals surface area (Å²) in [7, 11) is 1.59. The molecule has 1 aliphatic heterocycles. The molecule has 0 bridgehead atoms. The van der Waals surface area contributed by atoms with Gasteiger partial charge in [0.2, 0.25) is 11.8 Å². The predicted molar refractivity (Wildman–Crippen MR) is 117 cm³/mol. The zero-order chi connectivity index (χ0) is 21.8. The summed E-state index contributed by atoms with van der Waals surface area (Å²) >= 11 is 0. The Hall–Kier alpha value is -2.89. The van der Waals surface area contributed by atoms with E-state index >= 15 is 0 Å². The summed E-state index contributed by atoms with van der Waals surface area (Å²) in [4.78, 5) is 28.1. The number of benzene rings is 2. The molecule has 1 saturated carbocycles. The van der Waals surface area contributed by atoms with E-state index in [9.17, 15) is 14.0 Å². The second-order valence-electron chi connectivity index (χ2n) is 8.45. The zero-order valence-electron chi connectivity index (χ0n) is 17.9. The van der Waals surface area contributed by atoms with E-state index in [1.54, 1.807) is 36.3 Å². The van der Waals surface area contributed by atoms with Crippen molar-refractivity contribution in [2.75, 3.05) is 12.0 Å². The minimum atomic E-state index is -0.487. The van der Waals surface area contributed by atoms with Crippen LogP contribution in [0.25, 0.3) is 0 Å². The van der Waals surface area contributed by atoms with Crippen LogP contribution in [0.1, 0.15) is 56.6 Å². The molecule has 2 atom stereocenters. The summed E-state index contributed by atoms with van der Waals surface area (Å²) in [5.74, 6) is -0.108. The van der Waals surface area contributed by atoms with Gasteiger partial charge in [-0.25, -0.2) is 4.39 Å². The van der Waals surface area contributed by atoms with Crippen LogP contribution in [-0.4, -0.2) is 25.0 Å². The number of piperidine rings is 1. The number of methoxy groups -OCH3 is 1. The molecule has 6 heteroatoms. The normalized spacial score (nSPS) is 22.3. The standard InChI is InChI=1S/C25H29FN2O3/c1-31-21-13-11-20(12-14-21)28-23(29)16-15-22(24(28)17-7-9-18(26)10-8-17)25(30)27-19-5-3-2-4-6-19/h7-14,19,22,24H,2-6,15-16H2,1H3,(H,27,30)/t22-,24+/m0/s1. The first kappa shape index (κ1) is 21.3. The third-order valence-corrected chi connectivity index (χ3v) is 6.45. The predicted octanol–water partition coefficient (Wildman–Crippen LogP) is 4.77. The highest BCUT2D eigenvalue weighted by molar-refractivity contribution is 5.97. The highest BCUT2D eigenvalue weighted by Gasteiger charge is 2.42. The highest BCUT2D eigenvalue weighted by atomic mass is 19.1. The van der Waals surface area contributed by atoms with E-state index in [-0.39, 0.29) is 23.7 Å². The van der Waals surface area contributed by atoms with Gasteiger partial charge in [-0.05, 0) is 61.2 Å². The van der Waals surface area contributed by atoms with Crippen LogP contribution in [0.5, 0.6) is 5.75 Å². The summed E-state index contributed by atoms with van der Waals surface area (Å²) in [5.41, 5.74) is 1.46. The molecule has 2 aromatic rings. The Morgan fingerprint density at radius 1 is 1.00 bits per heavy atom. The van der Waals surface area contributed by atoms with Gasteiger partial charge in [0, 0.05) is 18.2 Å². The van der Waals surface area contributed by atoms with Crippen LogP contribution in [0.15, 0.2) is 48.5 Å². The van der Waals surface area contributed by atoms with Crippen LogP contribution in [0.3, 0.4) is 0 Å². The Bertz CT molecular complexity index is 907. The summed E-state index contributed by atoms with van der Waals surface area (Å²) < 4.78 is 18.9. The molecule has 1 aliphatic carbocycles. The van der Waals surface area contributed by atoms with Crippen LogP contribution in [0.2, 0.25) is 0 Å². The number of carbonyl (C=O) groups is 2. The number of ether oxygens (including phenoxy) is 1. The van der Waals surface area contributed by atoms with E-state index in [2.05, 4.69) is 5.32 Å². The number of nitrogens with one attached hydrogen (secondary N) is 1. The molecule has 31 heavy (non-hydrogen) atoms.